The molecule has 0 amide bonds. The SMILES string of the molecule is COCCCc1noc(-c2cnn(C)c2N)n1. The maximum Gasteiger partial charge on any atom is 0.263 e. The van der Waals surface area contributed by atoms with E-state index in [-0.39, 0.29) is 0 Å². The number of hydrogen-bond acceptors (Lipinski definition) is 6. The molecule has 0 saturated carbocycles. The van der Waals surface area contributed by atoms with Gasteiger partial charge in [0, 0.05) is 27.2 Å². The third-order valence-electron chi connectivity index (χ3n) is 2.43. The van der Waals surface area contributed by atoms with Crippen molar-refractivity contribution in [2.24, 2.45) is 7.05 Å². The van der Waals surface area contributed by atoms with Crippen LogP contribution in [0, 0.1) is 0 Å². The third kappa shape index (κ3) is 2.44. The summed E-state index contributed by atoms with van der Waals surface area (Å²) in [5.74, 6) is 1.57. The summed E-state index contributed by atoms with van der Waals surface area (Å²) in [5, 5.41) is 7.90. The highest BCUT2D eigenvalue weighted by atomic mass is 16.5. The zero-order valence-corrected chi connectivity index (χ0v) is 9.88. The van der Waals surface area contributed by atoms with Crippen molar-refractivity contribution >= 4 is 5.82 Å². The standard InChI is InChI=1S/C10H15N5O2/c1-15-9(11)7(6-12-15)10-13-8(14-17-10)4-3-5-16-2/h6H,3-5,11H2,1-2H3. The summed E-state index contributed by atoms with van der Waals surface area (Å²) in [6.45, 7) is 0.679. The van der Waals surface area contributed by atoms with Crippen molar-refractivity contribution in [1.29, 1.82) is 0 Å². The first-order valence-corrected chi connectivity index (χ1v) is 5.31. The smallest absolute Gasteiger partial charge is 0.263 e. The van der Waals surface area contributed by atoms with Crippen molar-refractivity contribution in [2.75, 3.05) is 19.5 Å². The van der Waals surface area contributed by atoms with Crippen LogP contribution in [-0.2, 0) is 18.2 Å². The molecule has 0 fully saturated rings. The molecule has 2 aromatic heterocycles. The molecule has 2 N–H and O–H groups in total. The van der Waals surface area contributed by atoms with Crippen molar-refractivity contribution in [1.82, 2.24) is 19.9 Å². The Morgan fingerprint density at radius 3 is 3.00 bits per heavy atom. The summed E-state index contributed by atoms with van der Waals surface area (Å²) < 4.78 is 11.7. The summed E-state index contributed by atoms with van der Waals surface area (Å²) in [6.07, 6.45) is 3.19. The minimum Gasteiger partial charge on any atom is -0.385 e. The molecule has 0 saturated heterocycles. The molecule has 0 aliphatic rings. The minimum absolute atomic E-state index is 0.406. The molecule has 7 heteroatoms. The van der Waals surface area contributed by atoms with Gasteiger partial charge in [0.15, 0.2) is 5.82 Å². The van der Waals surface area contributed by atoms with Crippen LogP contribution in [0.4, 0.5) is 5.82 Å². The zero-order valence-electron chi connectivity index (χ0n) is 9.88. The van der Waals surface area contributed by atoms with Crippen molar-refractivity contribution in [3.63, 3.8) is 0 Å². The van der Waals surface area contributed by atoms with Gasteiger partial charge in [-0.15, -0.1) is 0 Å². The highest BCUT2D eigenvalue weighted by Crippen LogP contribution is 2.23. The summed E-state index contributed by atoms with van der Waals surface area (Å²) in [6, 6.07) is 0. The molecule has 0 spiro atoms. The van der Waals surface area contributed by atoms with Crippen LogP contribution < -0.4 is 5.73 Å². The molecule has 2 aromatic rings. The number of ether oxygens (including phenoxy) is 1. The van der Waals surface area contributed by atoms with Gasteiger partial charge in [0.2, 0.25) is 0 Å². The first kappa shape index (κ1) is 11.6. The van der Waals surface area contributed by atoms with Gasteiger partial charge in [-0.1, -0.05) is 5.16 Å². The van der Waals surface area contributed by atoms with E-state index in [0.29, 0.717) is 29.7 Å². The Morgan fingerprint density at radius 2 is 2.35 bits per heavy atom. The average Bonchev–Trinajstić information content (AvgIpc) is 2.89. The van der Waals surface area contributed by atoms with Gasteiger partial charge in [0.1, 0.15) is 11.4 Å². The van der Waals surface area contributed by atoms with Gasteiger partial charge in [-0.2, -0.15) is 10.1 Å². The number of nitrogens with two attached hydrogens (primary N) is 1. The maximum atomic E-state index is 5.82. The summed E-state index contributed by atoms with van der Waals surface area (Å²) >= 11 is 0. The minimum atomic E-state index is 0.406. The molecule has 0 aliphatic carbocycles. The van der Waals surface area contributed by atoms with E-state index in [1.807, 2.05) is 0 Å². The molecule has 0 bridgehead atoms. The molecule has 2 rings (SSSR count). The van der Waals surface area contributed by atoms with Crippen LogP contribution >= 0.6 is 0 Å². The molecule has 92 valence electrons. The van der Waals surface area contributed by atoms with Crippen LogP contribution in [-0.4, -0.2) is 33.6 Å². The summed E-state index contributed by atoms with van der Waals surface area (Å²) in [4.78, 5) is 4.26. The molecule has 17 heavy (non-hydrogen) atoms. The van der Waals surface area contributed by atoms with Crippen LogP contribution in [0.25, 0.3) is 11.5 Å². The maximum absolute atomic E-state index is 5.82. The zero-order chi connectivity index (χ0) is 12.3. The Labute approximate surface area is 98.6 Å². The number of nitrogen functional groups attached to an aromatic ring is 1. The van der Waals surface area contributed by atoms with Gasteiger partial charge < -0.3 is 15.0 Å². The number of hydrogen-bond donors (Lipinski definition) is 1. The fourth-order valence-electron chi connectivity index (χ4n) is 1.45. The average molecular weight is 237 g/mol. The van der Waals surface area contributed by atoms with E-state index in [1.54, 1.807) is 25.0 Å². The molecular weight excluding hydrogens is 222 g/mol. The number of aromatic nitrogens is 4. The highest BCUT2D eigenvalue weighted by molar-refractivity contribution is 5.66. The lowest BCUT2D eigenvalue weighted by Gasteiger charge is -1.94. The molecule has 7 nitrogen and oxygen atoms in total. The van der Waals surface area contributed by atoms with Crippen LogP contribution in [0.2, 0.25) is 0 Å². The van der Waals surface area contributed by atoms with Gasteiger partial charge in [-0.25, -0.2) is 0 Å². The van der Waals surface area contributed by atoms with E-state index < -0.39 is 0 Å². The fourth-order valence-corrected chi connectivity index (χ4v) is 1.45. The van der Waals surface area contributed by atoms with E-state index in [4.69, 9.17) is 15.0 Å². The second kappa shape index (κ2) is 4.96. The number of nitrogens with zero attached hydrogens (tertiary/aromatic N) is 4. The van der Waals surface area contributed by atoms with Crippen molar-refractivity contribution < 1.29 is 9.26 Å². The quantitative estimate of drug-likeness (QED) is 0.767. The highest BCUT2D eigenvalue weighted by Gasteiger charge is 2.14. The first-order valence-electron chi connectivity index (χ1n) is 5.31. The summed E-state index contributed by atoms with van der Waals surface area (Å²) in [7, 11) is 3.42. The number of anilines is 1. The van der Waals surface area contributed by atoms with Gasteiger partial charge in [-0.3, -0.25) is 4.68 Å². The number of aryl methyl sites for hydroxylation is 2. The predicted octanol–water partition coefficient (Wildman–Crippen LogP) is 0.631. The molecule has 0 aliphatic heterocycles. The van der Waals surface area contributed by atoms with E-state index in [1.165, 1.54) is 0 Å². The van der Waals surface area contributed by atoms with E-state index in [2.05, 4.69) is 15.2 Å². The van der Waals surface area contributed by atoms with Gasteiger partial charge in [0.25, 0.3) is 5.89 Å². The molecule has 0 atom stereocenters. The van der Waals surface area contributed by atoms with Gasteiger partial charge >= 0.3 is 0 Å². The Morgan fingerprint density at radius 1 is 1.53 bits per heavy atom. The van der Waals surface area contributed by atoms with Crippen molar-refractivity contribution in [3.8, 4) is 11.5 Å². The summed E-state index contributed by atoms with van der Waals surface area (Å²) in [5.41, 5.74) is 6.48. The second-order valence-electron chi connectivity index (χ2n) is 3.68. The predicted molar refractivity (Wildman–Crippen MR) is 61.1 cm³/mol. The Hall–Kier alpha value is -1.89. The lowest BCUT2D eigenvalue weighted by atomic mass is 10.3. The van der Waals surface area contributed by atoms with Crippen LogP contribution in [0.5, 0.6) is 0 Å². The molecule has 0 aromatic carbocycles. The van der Waals surface area contributed by atoms with Crippen LogP contribution in [0.1, 0.15) is 12.2 Å². The first-order chi connectivity index (χ1) is 8.22. The molecular formula is C10H15N5O2. The van der Waals surface area contributed by atoms with Crippen LogP contribution in [0.3, 0.4) is 0 Å². The largest absolute Gasteiger partial charge is 0.385 e. The Bertz CT molecular complexity index is 491. The Kier molecular flexibility index (Phi) is 3.38. The van der Waals surface area contributed by atoms with Crippen molar-refractivity contribution in [2.45, 2.75) is 12.8 Å². The fraction of sp³-hybridized carbons (Fsp3) is 0.500. The third-order valence-corrected chi connectivity index (χ3v) is 2.43. The second-order valence-corrected chi connectivity index (χ2v) is 3.68. The van der Waals surface area contributed by atoms with Gasteiger partial charge in [0.05, 0.1) is 6.20 Å². The molecule has 2 heterocycles. The van der Waals surface area contributed by atoms with Crippen LogP contribution in [0.15, 0.2) is 10.7 Å². The number of rotatable bonds is 5. The lowest BCUT2D eigenvalue weighted by Crippen LogP contribution is -1.98. The van der Waals surface area contributed by atoms with E-state index in [9.17, 15) is 0 Å². The number of methoxy groups -OCH3 is 1. The Balaban J connectivity index is 2.10. The normalized spacial score (nSPS) is 10.9. The molecule has 0 radical (unpaired) electrons. The monoisotopic (exact) mass is 237 g/mol. The lowest BCUT2D eigenvalue weighted by molar-refractivity contribution is 0.194. The van der Waals surface area contributed by atoms with E-state index >= 15 is 0 Å². The van der Waals surface area contributed by atoms with E-state index in [0.717, 1.165) is 12.8 Å². The van der Waals surface area contributed by atoms with Crippen molar-refractivity contribution in [3.05, 3.63) is 12.0 Å². The topological polar surface area (TPSA) is 92.0 Å². The van der Waals surface area contributed by atoms with Gasteiger partial charge in [-0.05, 0) is 6.42 Å². The molecule has 0 unspecified atom stereocenters.